The second-order valence-electron chi connectivity index (χ2n) is 8.15. The zero-order valence-corrected chi connectivity index (χ0v) is 19.1. The van der Waals surface area contributed by atoms with Crippen LogP contribution in [0.1, 0.15) is 35.5 Å². The summed E-state index contributed by atoms with van der Waals surface area (Å²) in [7, 11) is -4.52. The number of nitrogens with zero attached hydrogens (tertiary/aromatic N) is 2. The maximum atomic E-state index is 17.0. The minimum absolute atomic E-state index is 0.0985. The van der Waals surface area contributed by atoms with E-state index in [1.807, 2.05) is 25.1 Å². The molecule has 166 valence electrons. The lowest BCUT2D eigenvalue weighted by Crippen LogP contribution is -2.40. The molecule has 0 saturated heterocycles. The number of aromatic amines is 1. The number of benzene rings is 2. The number of hydrogen-bond acceptors (Lipinski definition) is 5. The van der Waals surface area contributed by atoms with Gasteiger partial charge in [-0.15, -0.1) is 10.2 Å². The topological polar surface area (TPSA) is 88.8 Å². The van der Waals surface area contributed by atoms with Gasteiger partial charge in [0, 0.05) is 34.5 Å². The molecule has 0 fully saturated rings. The van der Waals surface area contributed by atoms with Gasteiger partial charge in [0.05, 0.1) is 4.90 Å². The first-order valence-electron chi connectivity index (χ1n) is 10.4. The van der Waals surface area contributed by atoms with Crippen LogP contribution in [0, 0.1) is 12.8 Å². The summed E-state index contributed by atoms with van der Waals surface area (Å²) in [6.45, 7) is 3.42. The molecule has 0 amide bonds. The summed E-state index contributed by atoms with van der Waals surface area (Å²) in [4.78, 5) is 3.19. The lowest BCUT2D eigenvalue weighted by atomic mass is 9.98. The van der Waals surface area contributed by atoms with Crippen LogP contribution in [0.25, 0.3) is 10.9 Å². The van der Waals surface area contributed by atoms with E-state index in [1.165, 1.54) is 19.1 Å². The zero-order valence-electron chi connectivity index (χ0n) is 17.5. The number of hydrogen-bond donors (Lipinski definition) is 1. The van der Waals surface area contributed by atoms with E-state index in [2.05, 4.69) is 15.2 Å². The first kappa shape index (κ1) is 21.2. The van der Waals surface area contributed by atoms with Crippen molar-refractivity contribution in [1.29, 1.82) is 0 Å². The predicted molar refractivity (Wildman–Crippen MR) is 119 cm³/mol. The standard InChI is InChI=1S/C23H21ClFN3O3S/c1-3-14-5-4-6-17(9-14)32(29,30)23(25,22-28-27-13(2)31-22)15-10-18-19-12-16(24)7-8-20(19)26-21(18)11-15/h4-9,12,15,26H,3,10-11H2,1-2H3. The fourth-order valence-corrected chi connectivity index (χ4v) is 6.56. The molecular weight excluding hydrogens is 453 g/mol. The molecule has 4 aromatic rings. The lowest BCUT2D eigenvalue weighted by Gasteiger charge is -2.28. The van der Waals surface area contributed by atoms with E-state index in [1.54, 1.807) is 12.1 Å². The van der Waals surface area contributed by atoms with Crippen LogP contribution in [0.2, 0.25) is 5.02 Å². The molecule has 2 unspecified atom stereocenters. The minimum atomic E-state index is -4.52. The molecular formula is C23H21ClFN3O3S. The lowest BCUT2D eigenvalue weighted by molar-refractivity contribution is 0.137. The number of nitrogens with one attached hydrogen (secondary N) is 1. The SMILES string of the molecule is CCc1cccc(S(=O)(=O)C(F)(c2nnc(C)o2)C2Cc3[nH]c4ccc(Cl)cc4c3C2)c1. The Labute approximate surface area is 189 Å². The molecule has 5 rings (SSSR count). The average Bonchev–Trinajstić information content (AvgIpc) is 3.48. The number of H-pyrrole nitrogens is 1. The van der Waals surface area contributed by atoms with Crippen molar-refractivity contribution in [2.45, 2.75) is 43.0 Å². The number of fused-ring (bicyclic) bond motifs is 3. The molecule has 1 N–H and O–H groups in total. The maximum absolute atomic E-state index is 17.0. The maximum Gasteiger partial charge on any atom is 0.294 e. The van der Waals surface area contributed by atoms with Gasteiger partial charge in [0.2, 0.25) is 15.7 Å². The van der Waals surface area contributed by atoms with E-state index in [-0.39, 0.29) is 23.6 Å². The Bertz CT molecular complexity index is 1450. The Hall–Kier alpha value is -2.71. The Morgan fingerprint density at radius 3 is 2.75 bits per heavy atom. The molecule has 6 nitrogen and oxygen atoms in total. The average molecular weight is 474 g/mol. The third-order valence-corrected chi connectivity index (χ3v) is 8.61. The second-order valence-corrected chi connectivity index (χ2v) is 10.7. The summed E-state index contributed by atoms with van der Waals surface area (Å²) in [6.07, 6.45) is 1.01. The molecule has 0 bridgehead atoms. The Morgan fingerprint density at radius 2 is 2.03 bits per heavy atom. The summed E-state index contributed by atoms with van der Waals surface area (Å²) in [5.41, 5.74) is 3.34. The highest BCUT2D eigenvalue weighted by Gasteiger charge is 2.59. The van der Waals surface area contributed by atoms with Crippen molar-refractivity contribution < 1.29 is 17.2 Å². The number of alkyl halides is 1. The summed E-state index contributed by atoms with van der Waals surface area (Å²) >= 11 is 6.17. The molecule has 9 heteroatoms. The molecule has 0 saturated carbocycles. The largest absolute Gasteiger partial charge is 0.421 e. The third-order valence-electron chi connectivity index (χ3n) is 6.21. The fraction of sp³-hybridized carbons (Fsp3) is 0.304. The first-order valence-corrected chi connectivity index (χ1v) is 12.2. The summed E-state index contributed by atoms with van der Waals surface area (Å²) in [5.74, 6) is -1.37. The molecule has 0 radical (unpaired) electrons. The van der Waals surface area contributed by atoms with Crippen LogP contribution in [-0.4, -0.2) is 23.6 Å². The predicted octanol–water partition coefficient (Wildman–Crippen LogP) is 5.09. The van der Waals surface area contributed by atoms with Gasteiger partial charge >= 0.3 is 0 Å². The van der Waals surface area contributed by atoms with E-state index >= 15 is 4.39 Å². The molecule has 0 aliphatic heterocycles. The number of rotatable bonds is 5. The van der Waals surface area contributed by atoms with Gasteiger partial charge in [0.1, 0.15) is 0 Å². The zero-order chi connectivity index (χ0) is 22.7. The summed E-state index contributed by atoms with van der Waals surface area (Å²) < 4.78 is 50.0. The Balaban J connectivity index is 1.65. The number of sulfone groups is 1. The van der Waals surface area contributed by atoms with E-state index < -0.39 is 26.6 Å². The van der Waals surface area contributed by atoms with Crippen LogP contribution >= 0.6 is 11.6 Å². The van der Waals surface area contributed by atoms with Gasteiger partial charge in [0.25, 0.3) is 10.9 Å². The van der Waals surface area contributed by atoms with Crippen LogP contribution in [0.5, 0.6) is 0 Å². The Morgan fingerprint density at radius 1 is 1.22 bits per heavy atom. The summed E-state index contributed by atoms with van der Waals surface area (Å²) in [6, 6.07) is 11.8. The third kappa shape index (κ3) is 3.08. The molecule has 2 aromatic heterocycles. The van der Waals surface area contributed by atoms with E-state index in [0.29, 0.717) is 11.4 Å². The summed E-state index contributed by atoms with van der Waals surface area (Å²) in [5, 5.41) is 6.08. The minimum Gasteiger partial charge on any atom is -0.421 e. The normalized spacial score (nSPS) is 18.1. The van der Waals surface area contributed by atoms with Crippen molar-refractivity contribution in [2.24, 2.45) is 5.92 Å². The number of aromatic nitrogens is 3. The molecule has 2 heterocycles. The molecule has 2 atom stereocenters. The van der Waals surface area contributed by atoms with Crippen LogP contribution in [0.15, 0.2) is 51.8 Å². The highest BCUT2D eigenvalue weighted by molar-refractivity contribution is 7.92. The van der Waals surface area contributed by atoms with E-state index in [4.69, 9.17) is 16.0 Å². The molecule has 0 spiro atoms. The van der Waals surface area contributed by atoms with Gasteiger partial charge in [-0.25, -0.2) is 12.8 Å². The van der Waals surface area contributed by atoms with Crippen molar-refractivity contribution in [1.82, 2.24) is 15.2 Å². The monoisotopic (exact) mass is 473 g/mol. The van der Waals surface area contributed by atoms with Gasteiger partial charge in [-0.1, -0.05) is 30.7 Å². The van der Waals surface area contributed by atoms with Crippen LogP contribution in [-0.2, 0) is 34.1 Å². The van der Waals surface area contributed by atoms with Gasteiger partial charge in [-0.3, -0.25) is 0 Å². The highest BCUT2D eigenvalue weighted by atomic mass is 35.5. The van der Waals surface area contributed by atoms with Crippen molar-refractivity contribution >= 4 is 32.3 Å². The van der Waals surface area contributed by atoms with Crippen molar-refractivity contribution in [2.75, 3.05) is 0 Å². The fourth-order valence-electron chi connectivity index (χ4n) is 4.56. The first-order chi connectivity index (χ1) is 15.2. The molecule has 1 aliphatic carbocycles. The van der Waals surface area contributed by atoms with Crippen LogP contribution in [0.4, 0.5) is 4.39 Å². The van der Waals surface area contributed by atoms with Gasteiger partial charge in [0.15, 0.2) is 0 Å². The molecule has 32 heavy (non-hydrogen) atoms. The van der Waals surface area contributed by atoms with Crippen molar-refractivity contribution in [3.63, 3.8) is 0 Å². The van der Waals surface area contributed by atoms with Gasteiger partial charge in [-0.2, -0.15) is 0 Å². The van der Waals surface area contributed by atoms with Crippen molar-refractivity contribution in [3.8, 4) is 0 Å². The quantitative estimate of drug-likeness (QED) is 0.436. The Kier molecular flexibility index (Phi) is 4.90. The highest BCUT2D eigenvalue weighted by Crippen LogP contribution is 2.49. The number of halogens is 2. The number of aryl methyl sites for hydroxylation is 2. The smallest absolute Gasteiger partial charge is 0.294 e. The van der Waals surface area contributed by atoms with E-state index in [9.17, 15) is 8.42 Å². The second kappa shape index (κ2) is 7.42. The van der Waals surface area contributed by atoms with Crippen molar-refractivity contribution in [3.05, 3.63) is 76.1 Å². The van der Waals surface area contributed by atoms with Crippen LogP contribution < -0.4 is 0 Å². The van der Waals surface area contributed by atoms with Gasteiger partial charge < -0.3 is 9.40 Å². The van der Waals surface area contributed by atoms with Crippen LogP contribution in [0.3, 0.4) is 0 Å². The van der Waals surface area contributed by atoms with Gasteiger partial charge in [-0.05, 0) is 60.7 Å². The molecule has 2 aromatic carbocycles. The molecule has 1 aliphatic rings. The van der Waals surface area contributed by atoms with E-state index in [0.717, 1.165) is 27.7 Å².